The number of hydrogen-bond donors (Lipinski definition) is 0. The molecule has 1 aromatic rings. The van der Waals surface area contributed by atoms with Crippen molar-refractivity contribution >= 4 is 17.4 Å². The lowest BCUT2D eigenvalue weighted by atomic mass is 9.97. The van der Waals surface area contributed by atoms with Gasteiger partial charge in [-0.2, -0.15) is 0 Å². The average molecular weight is 401 g/mol. The molecular formula is C23H32N2O4. The number of nitrogens with zero attached hydrogens (tertiary/aromatic N) is 2. The Balaban J connectivity index is 1.93. The number of amides is 2. The highest BCUT2D eigenvalue weighted by Crippen LogP contribution is 2.37. The van der Waals surface area contributed by atoms with Crippen molar-refractivity contribution < 1.29 is 19.1 Å². The number of ether oxygens (including phenoxy) is 2. The van der Waals surface area contributed by atoms with Crippen LogP contribution in [0.15, 0.2) is 30.0 Å². The first-order chi connectivity index (χ1) is 13.9. The molecule has 0 radical (unpaired) electrons. The molecule has 1 unspecified atom stereocenters. The number of carbonyl (C=O) groups excluding carboxylic acids is 2. The molecule has 1 saturated heterocycles. The lowest BCUT2D eigenvalue weighted by Crippen LogP contribution is -2.39. The van der Waals surface area contributed by atoms with E-state index >= 15 is 0 Å². The zero-order valence-electron chi connectivity index (χ0n) is 17.9. The van der Waals surface area contributed by atoms with Gasteiger partial charge < -0.3 is 14.4 Å². The van der Waals surface area contributed by atoms with Crippen molar-refractivity contribution in [3.8, 4) is 5.75 Å². The molecule has 0 bridgehead atoms. The second-order valence-corrected chi connectivity index (χ2v) is 8.15. The van der Waals surface area contributed by atoms with E-state index in [9.17, 15) is 9.59 Å². The van der Waals surface area contributed by atoms with E-state index in [1.165, 1.54) is 4.90 Å². The quantitative estimate of drug-likeness (QED) is 0.495. The second-order valence-electron chi connectivity index (χ2n) is 8.15. The first-order valence-corrected chi connectivity index (χ1v) is 10.5. The van der Waals surface area contributed by atoms with Gasteiger partial charge in [-0.1, -0.05) is 25.1 Å². The van der Waals surface area contributed by atoms with Crippen molar-refractivity contribution in [2.75, 3.05) is 33.4 Å². The number of benzene rings is 1. The Morgan fingerprint density at radius 3 is 2.62 bits per heavy atom. The van der Waals surface area contributed by atoms with Crippen molar-refractivity contribution in [2.24, 2.45) is 5.92 Å². The Labute approximate surface area is 173 Å². The van der Waals surface area contributed by atoms with Crippen LogP contribution < -0.4 is 4.74 Å². The molecule has 2 heterocycles. The van der Waals surface area contributed by atoms with Crippen LogP contribution in [0.5, 0.6) is 5.75 Å². The third-order valence-electron chi connectivity index (χ3n) is 5.47. The van der Waals surface area contributed by atoms with E-state index in [2.05, 4.69) is 11.8 Å². The van der Waals surface area contributed by atoms with Crippen LogP contribution in [0.25, 0.3) is 5.57 Å². The third-order valence-corrected chi connectivity index (χ3v) is 5.47. The van der Waals surface area contributed by atoms with E-state index in [1.807, 2.05) is 38.1 Å². The average Bonchev–Trinajstić information content (AvgIpc) is 2.95. The molecule has 2 aliphatic rings. The zero-order valence-corrected chi connectivity index (χ0v) is 17.9. The highest BCUT2D eigenvalue weighted by molar-refractivity contribution is 6.36. The number of methoxy groups -OCH3 is 1. The molecular weight excluding hydrogens is 368 g/mol. The molecule has 0 spiro atoms. The molecule has 158 valence electrons. The molecule has 1 fully saturated rings. The maximum Gasteiger partial charge on any atom is 0.277 e. The molecule has 1 aromatic carbocycles. The number of likely N-dealkylation sites (tertiary alicyclic amines) is 1. The van der Waals surface area contributed by atoms with Gasteiger partial charge in [-0.3, -0.25) is 14.5 Å². The highest BCUT2D eigenvalue weighted by atomic mass is 16.5. The summed E-state index contributed by atoms with van der Waals surface area (Å²) in [7, 11) is 1.59. The Morgan fingerprint density at radius 1 is 1.17 bits per heavy atom. The fraction of sp³-hybridized carbons (Fsp3) is 0.565. The van der Waals surface area contributed by atoms with Crippen molar-refractivity contribution in [3.05, 3.63) is 35.5 Å². The minimum Gasteiger partial charge on any atom is -0.496 e. The van der Waals surface area contributed by atoms with Gasteiger partial charge in [0.2, 0.25) is 0 Å². The Hall–Kier alpha value is -2.34. The van der Waals surface area contributed by atoms with E-state index in [4.69, 9.17) is 9.47 Å². The number of imide groups is 1. The Morgan fingerprint density at radius 2 is 1.93 bits per heavy atom. The molecule has 6 nitrogen and oxygen atoms in total. The van der Waals surface area contributed by atoms with E-state index in [-0.39, 0.29) is 17.9 Å². The molecule has 1 atom stereocenters. The smallest absolute Gasteiger partial charge is 0.277 e. The topological polar surface area (TPSA) is 59.1 Å². The van der Waals surface area contributed by atoms with Crippen LogP contribution in [0.2, 0.25) is 0 Å². The van der Waals surface area contributed by atoms with Gasteiger partial charge >= 0.3 is 0 Å². The number of hydrogen-bond acceptors (Lipinski definition) is 5. The summed E-state index contributed by atoms with van der Waals surface area (Å²) in [4.78, 5) is 30.2. The fourth-order valence-electron chi connectivity index (χ4n) is 4.09. The van der Waals surface area contributed by atoms with Gasteiger partial charge in [-0.25, -0.2) is 0 Å². The molecule has 0 aliphatic carbocycles. The third kappa shape index (κ3) is 4.64. The van der Waals surface area contributed by atoms with Crippen LogP contribution in [0.3, 0.4) is 0 Å². The van der Waals surface area contributed by atoms with E-state index < -0.39 is 0 Å². The summed E-state index contributed by atoms with van der Waals surface area (Å²) in [6.45, 7) is 8.60. The molecule has 0 aromatic heterocycles. The standard InChI is InChI=1S/C23H32N2O4/c1-16(2)29-14-8-13-25-22(26)20(18-10-5-6-11-19(18)28-4)21(23(25)27)24-12-7-9-17(3)15-24/h5-6,10-11,16-17H,7-9,12-15H2,1-4H3. The molecule has 2 aliphatic heterocycles. The first-order valence-electron chi connectivity index (χ1n) is 10.5. The van der Waals surface area contributed by atoms with Gasteiger partial charge in [-0.05, 0) is 45.1 Å². The number of para-hydroxylation sites is 1. The van der Waals surface area contributed by atoms with Gasteiger partial charge in [0.1, 0.15) is 11.4 Å². The van der Waals surface area contributed by atoms with Crippen LogP contribution in [-0.4, -0.2) is 61.1 Å². The maximum absolute atomic E-state index is 13.4. The number of piperidine rings is 1. The summed E-state index contributed by atoms with van der Waals surface area (Å²) in [5.41, 5.74) is 1.67. The minimum atomic E-state index is -0.239. The van der Waals surface area contributed by atoms with Crippen molar-refractivity contribution in [1.82, 2.24) is 9.80 Å². The summed E-state index contributed by atoms with van der Waals surface area (Å²) in [6.07, 6.45) is 2.92. The lowest BCUT2D eigenvalue weighted by Gasteiger charge is -2.33. The number of rotatable bonds is 8. The molecule has 2 amide bonds. The van der Waals surface area contributed by atoms with E-state index in [0.29, 0.717) is 48.1 Å². The normalized spacial score (nSPS) is 20.2. The zero-order chi connectivity index (χ0) is 21.0. The summed E-state index contributed by atoms with van der Waals surface area (Å²) >= 11 is 0. The van der Waals surface area contributed by atoms with Gasteiger partial charge in [0.05, 0.1) is 18.8 Å². The van der Waals surface area contributed by atoms with Gasteiger partial charge in [-0.15, -0.1) is 0 Å². The Bertz CT molecular complexity index is 787. The monoisotopic (exact) mass is 400 g/mol. The van der Waals surface area contributed by atoms with Gasteiger partial charge in [0.25, 0.3) is 11.8 Å². The summed E-state index contributed by atoms with van der Waals surface area (Å²) in [5.74, 6) is 0.662. The fourth-order valence-corrected chi connectivity index (χ4v) is 4.09. The Kier molecular flexibility index (Phi) is 6.96. The first kappa shape index (κ1) is 21.4. The minimum absolute atomic E-state index is 0.132. The molecule has 29 heavy (non-hydrogen) atoms. The number of carbonyl (C=O) groups is 2. The molecule has 0 N–H and O–H groups in total. The lowest BCUT2D eigenvalue weighted by molar-refractivity contribution is -0.137. The highest BCUT2D eigenvalue weighted by Gasteiger charge is 2.42. The summed E-state index contributed by atoms with van der Waals surface area (Å²) < 4.78 is 11.1. The van der Waals surface area contributed by atoms with E-state index in [1.54, 1.807) is 7.11 Å². The maximum atomic E-state index is 13.4. The second kappa shape index (κ2) is 9.44. The predicted octanol–water partition coefficient (Wildman–Crippen LogP) is 3.32. The summed E-state index contributed by atoms with van der Waals surface area (Å²) in [6, 6.07) is 7.43. The van der Waals surface area contributed by atoms with Crippen LogP contribution in [0.1, 0.15) is 45.6 Å². The van der Waals surface area contributed by atoms with Crippen molar-refractivity contribution in [2.45, 2.75) is 46.1 Å². The largest absolute Gasteiger partial charge is 0.496 e. The van der Waals surface area contributed by atoms with Gasteiger partial charge in [0.15, 0.2) is 0 Å². The van der Waals surface area contributed by atoms with Gasteiger partial charge in [0, 0.05) is 31.8 Å². The predicted molar refractivity (Wildman–Crippen MR) is 112 cm³/mol. The SMILES string of the molecule is COc1ccccc1C1=C(N2CCCC(C)C2)C(=O)N(CCCOC(C)C)C1=O. The molecule has 0 saturated carbocycles. The van der Waals surface area contributed by atoms with Crippen LogP contribution in [0.4, 0.5) is 0 Å². The van der Waals surface area contributed by atoms with Crippen molar-refractivity contribution in [3.63, 3.8) is 0 Å². The van der Waals surface area contributed by atoms with Crippen molar-refractivity contribution in [1.29, 1.82) is 0 Å². The van der Waals surface area contributed by atoms with Crippen LogP contribution >= 0.6 is 0 Å². The van der Waals surface area contributed by atoms with Crippen LogP contribution in [-0.2, 0) is 14.3 Å². The van der Waals surface area contributed by atoms with Crippen LogP contribution in [0, 0.1) is 5.92 Å². The van der Waals surface area contributed by atoms with E-state index in [0.717, 1.165) is 25.9 Å². The molecule has 6 heteroatoms. The molecule has 3 rings (SSSR count). The summed E-state index contributed by atoms with van der Waals surface area (Å²) in [5, 5.41) is 0.